The van der Waals surface area contributed by atoms with Gasteiger partial charge in [-0.1, -0.05) is 31.4 Å². The molecule has 5 heteroatoms. The van der Waals surface area contributed by atoms with Crippen molar-refractivity contribution >= 4 is 34.5 Å². The molecular weight excluding hydrogens is 381 g/mol. The highest BCUT2D eigenvalue weighted by Gasteiger charge is 2.40. The summed E-state index contributed by atoms with van der Waals surface area (Å²) in [5.41, 5.74) is 0.107. The van der Waals surface area contributed by atoms with Crippen molar-refractivity contribution in [1.82, 2.24) is 4.90 Å². The lowest BCUT2D eigenvalue weighted by Crippen LogP contribution is -2.52. The van der Waals surface area contributed by atoms with E-state index in [1.807, 2.05) is 18.2 Å². The van der Waals surface area contributed by atoms with Crippen LogP contribution in [0.25, 0.3) is 0 Å². The highest BCUT2D eigenvalue weighted by atomic mass is 127. The van der Waals surface area contributed by atoms with Gasteiger partial charge in [0.05, 0.1) is 17.5 Å². The monoisotopic (exact) mass is 401 g/mol. The number of aliphatic carboxylic acids is 1. The number of carbonyl (C=O) groups excluding carboxylic acids is 1. The second-order valence-corrected chi connectivity index (χ2v) is 6.86. The zero-order valence-electron chi connectivity index (χ0n) is 12.1. The van der Waals surface area contributed by atoms with Crippen molar-refractivity contribution < 1.29 is 14.7 Å². The SMILES string of the molecule is CN(C(=O)c1ccccc1I)C1(CC(=O)O)CCCCC1. The topological polar surface area (TPSA) is 57.6 Å². The third kappa shape index (κ3) is 3.56. The van der Waals surface area contributed by atoms with Gasteiger partial charge < -0.3 is 10.0 Å². The molecule has 1 fully saturated rings. The molecule has 1 aromatic carbocycles. The number of amides is 1. The van der Waals surface area contributed by atoms with Crippen LogP contribution in [0.5, 0.6) is 0 Å². The molecule has 0 aromatic heterocycles. The molecule has 1 amide bonds. The first-order valence-corrected chi connectivity index (χ1v) is 8.29. The van der Waals surface area contributed by atoms with E-state index in [4.69, 9.17) is 0 Å². The molecule has 21 heavy (non-hydrogen) atoms. The van der Waals surface area contributed by atoms with Crippen LogP contribution < -0.4 is 0 Å². The van der Waals surface area contributed by atoms with Gasteiger partial charge in [0.2, 0.25) is 0 Å². The zero-order valence-corrected chi connectivity index (χ0v) is 14.3. The largest absolute Gasteiger partial charge is 0.481 e. The summed E-state index contributed by atoms with van der Waals surface area (Å²) in [6, 6.07) is 7.43. The molecule has 0 aliphatic heterocycles. The van der Waals surface area contributed by atoms with Gasteiger partial charge in [-0.2, -0.15) is 0 Å². The van der Waals surface area contributed by atoms with Crippen LogP contribution in [0.1, 0.15) is 48.9 Å². The maximum absolute atomic E-state index is 12.8. The van der Waals surface area contributed by atoms with E-state index in [-0.39, 0.29) is 12.3 Å². The molecule has 0 radical (unpaired) electrons. The lowest BCUT2D eigenvalue weighted by atomic mass is 9.78. The van der Waals surface area contributed by atoms with Crippen molar-refractivity contribution in [3.63, 3.8) is 0 Å². The van der Waals surface area contributed by atoms with E-state index >= 15 is 0 Å². The van der Waals surface area contributed by atoms with Crippen LogP contribution in [0.3, 0.4) is 0 Å². The molecule has 1 N–H and O–H groups in total. The van der Waals surface area contributed by atoms with Gasteiger partial charge in [0, 0.05) is 10.6 Å². The fourth-order valence-corrected chi connectivity index (χ4v) is 3.77. The van der Waals surface area contributed by atoms with E-state index in [0.717, 1.165) is 35.7 Å². The number of halogens is 1. The molecule has 1 aliphatic rings. The lowest BCUT2D eigenvalue weighted by molar-refractivity contribution is -0.140. The molecule has 1 saturated carbocycles. The number of rotatable bonds is 4. The van der Waals surface area contributed by atoms with Crippen LogP contribution in [0.4, 0.5) is 0 Å². The van der Waals surface area contributed by atoms with E-state index in [0.29, 0.717) is 5.56 Å². The fraction of sp³-hybridized carbons (Fsp3) is 0.500. The van der Waals surface area contributed by atoms with Gasteiger partial charge in [-0.05, 0) is 47.6 Å². The molecule has 0 heterocycles. The first-order chi connectivity index (χ1) is 9.96. The molecular formula is C16H20INO3. The molecule has 0 saturated heterocycles. The van der Waals surface area contributed by atoms with Gasteiger partial charge in [-0.3, -0.25) is 9.59 Å². The fourth-order valence-electron chi connectivity index (χ4n) is 3.15. The third-order valence-corrected chi connectivity index (χ3v) is 5.33. The lowest BCUT2D eigenvalue weighted by Gasteiger charge is -2.44. The molecule has 114 valence electrons. The number of carboxylic acid groups (broad SMARTS) is 1. The van der Waals surface area contributed by atoms with Crippen LogP contribution in [-0.4, -0.2) is 34.5 Å². The van der Waals surface area contributed by atoms with Crippen LogP contribution in [0.15, 0.2) is 24.3 Å². The Labute approximate surface area is 138 Å². The number of benzene rings is 1. The van der Waals surface area contributed by atoms with Crippen molar-refractivity contribution in [1.29, 1.82) is 0 Å². The minimum Gasteiger partial charge on any atom is -0.481 e. The van der Waals surface area contributed by atoms with Gasteiger partial charge in [0.25, 0.3) is 5.91 Å². The Balaban J connectivity index is 2.29. The van der Waals surface area contributed by atoms with Gasteiger partial charge in [0.1, 0.15) is 0 Å². The maximum Gasteiger partial charge on any atom is 0.305 e. The predicted octanol–water partition coefficient (Wildman–Crippen LogP) is 3.54. The molecule has 1 aromatic rings. The van der Waals surface area contributed by atoms with Crippen LogP contribution in [0, 0.1) is 3.57 Å². The molecule has 0 bridgehead atoms. The zero-order chi connectivity index (χ0) is 15.5. The van der Waals surface area contributed by atoms with Crippen molar-refractivity contribution in [2.45, 2.75) is 44.1 Å². The quantitative estimate of drug-likeness (QED) is 0.786. The average Bonchev–Trinajstić information content (AvgIpc) is 2.46. The molecule has 0 unspecified atom stereocenters. The van der Waals surface area contributed by atoms with Crippen LogP contribution in [0.2, 0.25) is 0 Å². The first-order valence-electron chi connectivity index (χ1n) is 7.21. The maximum atomic E-state index is 12.8. The Morgan fingerprint density at radius 3 is 2.43 bits per heavy atom. The molecule has 0 atom stereocenters. The standard InChI is InChI=1S/C16H20INO3/c1-18(15(21)12-7-3-4-8-13(12)17)16(11-14(19)20)9-5-2-6-10-16/h3-4,7-8H,2,5-6,9-11H2,1H3,(H,19,20). The van der Waals surface area contributed by atoms with Gasteiger partial charge >= 0.3 is 5.97 Å². The number of nitrogens with zero attached hydrogens (tertiary/aromatic N) is 1. The van der Waals surface area contributed by atoms with E-state index in [1.54, 1.807) is 18.0 Å². The second kappa shape index (κ2) is 6.77. The Bertz CT molecular complexity index is 538. The van der Waals surface area contributed by atoms with Gasteiger partial charge in [-0.15, -0.1) is 0 Å². The van der Waals surface area contributed by atoms with E-state index < -0.39 is 11.5 Å². The minimum atomic E-state index is -0.834. The Kier molecular flexibility index (Phi) is 5.24. The van der Waals surface area contributed by atoms with Crippen molar-refractivity contribution in [2.24, 2.45) is 0 Å². The molecule has 1 aliphatic carbocycles. The highest BCUT2D eigenvalue weighted by Crippen LogP contribution is 2.37. The number of carboxylic acids is 1. The summed E-state index contributed by atoms with van der Waals surface area (Å²) in [6.45, 7) is 0. The summed E-state index contributed by atoms with van der Waals surface area (Å²) in [4.78, 5) is 25.7. The van der Waals surface area contributed by atoms with Crippen molar-refractivity contribution in [2.75, 3.05) is 7.05 Å². The number of hydrogen-bond donors (Lipinski definition) is 1. The van der Waals surface area contributed by atoms with E-state index in [9.17, 15) is 14.7 Å². The minimum absolute atomic E-state index is 0.0264. The average molecular weight is 401 g/mol. The molecule has 4 nitrogen and oxygen atoms in total. The number of carbonyl (C=O) groups is 2. The second-order valence-electron chi connectivity index (χ2n) is 5.70. The molecule has 0 spiro atoms. The Morgan fingerprint density at radius 1 is 1.24 bits per heavy atom. The van der Waals surface area contributed by atoms with Crippen molar-refractivity contribution in [3.05, 3.63) is 33.4 Å². The normalized spacial score (nSPS) is 17.2. The van der Waals surface area contributed by atoms with Gasteiger partial charge in [0.15, 0.2) is 0 Å². The van der Waals surface area contributed by atoms with E-state index in [1.165, 1.54) is 0 Å². The summed E-state index contributed by atoms with van der Waals surface area (Å²) in [6.07, 6.45) is 4.65. The smallest absolute Gasteiger partial charge is 0.305 e. The van der Waals surface area contributed by atoms with Gasteiger partial charge in [-0.25, -0.2) is 0 Å². The Hall–Kier alpha value is -1.11. The van der Waals surface area contributed by atoms with E-state index in [2.05, 4.69) is 22.6 Å². The summed E-state index contributed by atoms with van der Waals surface area (Å²) in [5, 5.41) is 9.25. The summed E-state index contributed by atoms with van der Waals surface area (Å²) in [5.74, 6) is -0.914. The van der Waals surface area contributed by atoms with Crippen molar-refractivity contribution in [3.8, 4) is 0 Å². The van der Waals surface area contributed by atoms with Crippen LogP contribution >= 0.6 is 22.6 Å². The highest BCUT2D eigenvalue weighted by molar-refractivity contribution is 14.1. The molecule has 2 rings (SSSR count). The number of hydrogen-bond acceptors (Lipinski definition) is 2. The first kappa shape index (κ1) is 16.3. The summed E-state index contributed by atoms with van der Waals surface area (Å²) >= 11 is 2.15. The third-order valence-electron chi connectivity index (χ3n) is 4.38. The Morgan fingerprint density at radius 2 is 1.86 bits per heavy atom. The van der Waals surface area contributed by atoms with Crippen LogP contribution in [-0.2, 0) is 4.79 Å². The predicted molar refractivity (Wildman–Crippen MR) is 89.3 cm³/mol. The summed E-state index contributed by atoms with van der Waals surface area (Å²) in [7, 11) is 1.75. The summed E-state index contributed by atoms with van der Waals surface area (Å²) < 4.78 is 0.897.